The molecule has 2 aromatic rings. The number of nitrogens with zero attached hydrogens (tertiary/aromatic N) is 2. The van der Waals surface area contributed by atoms with E-state index in [1.54, 1.807) is 6.20 Å². The molecule has 1 amide bonds. The van der Waals surface area contributed by atoms with E-state index in [-0.39, 0.29) is 24.8 Å². The van der Waals surface area contributed by atoms with E-state index in [1.165, 1.54) is 0 Å². The minimum Gasteiger partial charge on any atom is -0.351 e. The summed E-state index contributed by atoms with van der Waals surface area (Å²) in [4.78, 5) is 15.9. The summed E-state index contributed by atoms with van der Waals surface area (Å²) in [6.07, 6.45) is 4.90. The number of halogens is 4. The van der Waals surface area contributed by atoms with Crippen molar-refractivity contribution in [2.24, 2.45) is 0 Å². The van der Waals surface area contributed by atoms with Crippen molar-refractivity contribution in [1.82, 2.24) is 20.0 Å². The highest BCUT2D eigenvalue weighted by Gasteiger charge is 2.42. The summed E-state index contributed by atoms with van der Waals surface area (Å²) in [5, 5.41) is 5.19. The zero-order valence-electron chi connectivity index (χ0n) is 11.5. The van der Waals surface area contributed by atoms with E-state index in [1.807, 2.05) is 28.9 Å². The number of aromatic nitrogens is 2. The number of pyridine rings is 1. The summed E-state index contributed by atoms with van der Waals surface area (Å²) in [7, 11) is 0. The van der Waals surface area contributed by atoms with Crippen LogP contribution >= 0.6 is 24.8 Å². The van der Waals surface area contributed by atoms with Crippen molar-refractivity contribution in [3.63, 3.8) is 0 Å². The fourth-order valence-corrected chi connectivity index (χ4v) is 2.28. The number of nitrogens with one attached hydrogen (secondary N) is 2. The van der Waals surface area contributed by atoms with Gasteiger partial charge in [-0.15, -0.1) is 24.8 Å². The summed E-state index contributed by atoms with van der Waals surface area (Å²) in [5.74, 6) is -3.19. The van der Waals surface area contributed by atoms with Gasteiger partial charge in [0.15, 0.2) is 0 Å². The molecule has 1 saturated heterocycles. The van der Waals surface area contributed by atoms with Crippen molar-refractivity contribution >= 4 is 36.4 Å². The minimum absolute atomic E-state index is 0. The molecule has 1 aliphatic rings. The number of hydrogen-bond acceptors (Lipinski definition) is 3. The summed E-state index contributed by atoms with van der Waals surface area (Å²) in [6.45, 7) is -0.142. The number of amides is 1. The Balaban J connectivity index is 0.00000121. The molecule has 3 heterocycles. The van der Waals surface area contributed by atoms with Gasteiger partial charge in [-0.2, -0.15) is 0 Å². The molecule has 1 unspecified atom stereocenters. The Kier molecular flexibility index (Phi) is 6.10. The van der Waals surface area contributed by atoms with E-state index in [2.05, 4.69) is 15.6 Å². The number of carbonyl (C=O) groups excluding carboxylic acids is 1. The monoisotopic (exact) mass is 352 g/mol. The average molecular weight is 353 g/mol. The molecule has 0 spiro atoms. The zero-order chi connectivity index (χ0) is 14.2. The molecule has 1 fully saturated rings. The molecule has 0 radical (unpaired) electrons. The molecule has 9 heteroatoms. The zero-order valence-corrected chi connectivity index (χ0v) is 13.1. The first-order chi connectivity index (χ1) is 9.53. The fourth-order valence-electron chi connectivity index (χ4n) is 2.28. The van der Waals surface area contributed by atoms with Crippen molar-refractivity contribution in [3.8, 4) is 0 Å². The first-order valence-corrected chi connectivity index (χ1v) is 6.34. The number of rotatable bonds is 3. The van der Waals surface area contributed by atoms with Gasteiger partial charge < -0.3 is 9.72 Å². The van der Waals surface area contributed by atoms with Crippen LogP contribution in [0, 0.1) is 0 Å². The maximum Gasteiger partial charge on any atom is 0.262 e. The SMILES string of the molecule is Cl.Cl.O=C(NCc1ccn2ccnc2c1)C1CC(F)(F)CN1. The molecular formula is C13H16Cl2F2N4O. The Hall–Kier alpha value is -1.44. The van der Waals surface area contributed by atoms with E-state index in [0.29, 0.717) is 6.54 Å². The van der Waals surface area contributed by atoms with Crippen LogP contribution in [0.15, 0.2) is 30.7 Å². The third-order valence-corrected chi connectivity index (χ3v) is 3.36. The van der Waals surface area contributed by atoms with E-state index in [0.717, 1.165) is 11.2 Å². The van der Waals surface area contributed by atoms with Gasteiger partial charge in [0.1, 0.15) is 5.65 Å². The van der Waals surface area contributed by atoms with Crippen molar-refractivity contribution in [1.29, 1.82) is 0 Å². The Morgan fingerprint density at radius 3 is 2.91 bits per heavy atom. The molecule has 22 heavy (non-hydrogen) atoms. The normalized spacial score (nSPS) is 19.3. The third-order valence-electron chi connectivity index (χ3n) is 3.36. The van der Waals surface area contributed by atoms with Crippen molar-refractivity contribution in [3.05, 3.63) is 36.3 Å². The molecule has 0 aliphatic carbocycles. The standard InChI is InChI=1S/C13H14F2N4O.2ClH/c14-13(15)6-10(18-8-13)12(20)17-7-9-1-3-19-4-2-16-11(19)5-9;;/h1-5,10,18H,6-8H2,(H,17,20);2*1H. The number of hydrogen-bond donors (Lipinski definition) is 2. The van der Waals surface area contributed by atoms with Crippen LogP contribution in [0.5, 0.6) is 0 Å². The number of imidazole rings is 1. The Morgan fingerprint density at radius 1 is 1.45 bits per heavy atom. The van der Waals surface area contributed by atoms with E-state index >= 15 is 0 Å². The van der Waals surface area contributed by atoms with Crippen molar-refractivity contribution in [2.45, 2.75) is 24.9 Å². The lowest BCUT2D eigenvalue weighted by Gasteiger charge is -2.11. The van der Waals surface area contributed by atoms with Crippen LogP contribution < -0.4 is 10.6 Å². The number of carbonyl (C=O) groups is 1. The van der Waals surface area contributed by atoms with Gasteiger partial charge in [0, 0.05) is 31.6 Å². The highest BCUT2D eigenvalue weighted by Crippen LogP contribution is 2.25. The first-order valence-electron chi connectivity index (χ1n) is 6.34. The lowest BCUT2D eigenvalue weighted by atomic mass is 10.2. The average Bonchev–Trinajstić information content (AvgIpc) is 3.01. The van der Waals surface area contributed by atoms with Gasteiger partial charge in [-0.25, -0.2) is 13.8 Å². The molecule has 122 valence electrons. The van der Waals surface area contributed by atoms with Gasteiger partial charge in [-0.3, -0.25) is 10.1 Å². The second-order valence-corrected chi connectivity index (χ2v) is 4.94. The van der Waals surface area contributed by atoms with Gasteiger partial charge in [0.2, 0.25) is 5.91 Å². The van der Waals surface area contributed by atoms with Gasteiger partial charge >= 0.3 is 0 Å². The largest absolute Gasteiger partial charge is 0.351 e. The Labute approximate surface area is 138 Å². The minimum atomic E-state index is -2.79. The molecule has 3 rings (SSSR count). The van der Waals surface area contributed by atoms with Crippen LogP contribution in [0.25, 0.3) is 5.65 Å². The van der Waals surface area contributed by atoms with Crippen molar-refractivity contribution < 1.29 is 13.6 Å². The molecule has 2 N–H and O–H groups in total. The number of alkyl halides is 2. The molecule has 2 aromatic heterocycles. The molecule has 0 saturated carbocycles. The van der Waals surface area contributed by atoms with Gasteiger partial charge in [-0.05, 0) is 17.7 Å². The maximum absolute atomic E-state index is 13.0. The van der Waals surface area contributed by atoms with Gasteiger partial charge in [0.25, 0.3) is 5.92 Å². The predicted molar refractivity (Wildman–Crippen MR) is 82.9 cm³/mol. The topological polar surface area (TPSA) is 58.4 Å². The lowest BCUT2D eigenvalue weighted by molar-refractivity contribution is -0.123. The van der Waals surface area contributed by atoms with E-state index in [9.17, 15) is 13.6 Å². The molecule has 0 bridgehead atoms. The van der Waals surface area contributed by atoms with Crippen LogP contribution in [0.4, 0.5) is 8.78 Å². The fraction of sp³-hybridized carbons (Fsp3) is 0.385. The summed E-state index contributed by atoms with van der Waals surface area (Å²) in [5.41, 5.74) is 1.66. The Morgan fingerprint density at radius 2 is 2.23 bits per heavy atom. The molecule has 0 aromatic carbocycles. The highest BCUT2D eigenvalue weighted by molar-refractivity contribution is 5.85. The van der Waals surface area contributed by atoms with Gasteiger partial charge in [0.05, 0.1) is 12.6 Å². The number of fused-ring (bicyclic) bond motifs is 1. The highest BCUT2D eigenvalue weighted by atomic mass is 35.5. The predicted octanol–water partition coefficient (Wildman–Crippen LogP) is 1.79. The van der Waals surface area contributed by atoms with Crippen LogP contribution in [0.2, 0.25) is 0 Å². The van der Waals surface area contributed by atoms with E-state index < -0.39 is 30.8 Å². The molecule has 1 atom stereocenters. The second-order valence-electron chi connectivity index (χ2n) is 4.94. The quantitative estimate of drug-likeness (QED) is 0.885. The molecule has 1 aliphatic heterocycles. The Bertz CT molecular complexity index is 650. The maximum atomic E-state index is 13.0. The van der Waals surface area contributed by atoms with Crippen molar-refractivity contribution in [2.75, 3.05) is 6.54 Å². The molecule has 5 nitrogen and oxygen atoms in total. The smallest absolute Gasteiger partial charge is 0.262 e. The second kappa shape index (κ2) is 7.21. The van der Waals surface area contributed by atoms with Crippen LogP contribution in [-0.2, 0) is 11.3 Å². The summed E-state index contributed by atoms with van der Waals surface area (Å²) in [6, 6.07) is 2.88. The molecular weight excluding hydrogens is 337 g/mol. The third kappa shape index (κ3) is 4.06. The first kappa shape index (κ1) is 18.6. The van der Waals surface area contributed by atoms with Crippen LogP contribution in [-0.4, -0.2) is 33.8 Å². The van der Waals surface area contributed by atoms with Crippen LogP contribution in [0.3, 0.4) is 0 Å². The van der Waals surface area contributed by atoms with Crippen LogP contribution in [0.1, 0.15) is 12.0 Å². The summed E-state index contributed by atoms with van der Waals surface area (Å²) >= 11 is 0. The van der Waals surface area contributed by atoms with E-state index in [4.69, 9.17) is 0 Å². The van der Waals surface area contributed by atoms with Gasteiger partial charge in [-0.1, -0.05) is 0 Å². The summed E-state index contributed by atoms with van der Waals surface area (Å²) < 4.78 is 27.9. The lowest BCUT2D eigenvalue weighted by Crippen LogP contribution is -2.40.